The first kappa shape index (κ1) is 14.7. The molecule has 0 aliphatic rings. The second kappa shape index (κ2) is 6.19. The van der Waals surface area contributed by atoms with Crippen LogP contribution in [0.3, 0.4) is 0 Å². The number of aromatic nitrogens is 1. The number of nitriles is 1. The molecular formula is C17H17N3O. The Morgan fingerprint density at radius 2 is 2.10 bits per heavy atom. The van der Waals surface area contributed by atoms with Crippen LogP contribution in [0.25, 0.3) is 0 Å². The third kappa shape index (κ3) is 3.46. The smallest absolute Gasteiger partial charge is 0.161 e. The second-order valence-electron chi connectivity index (χ2n) is 5.03. The van der Waals surface area contributed by atoms with Crippen LogP contribution < -0.4 is 4.90 Å². The lowest BCUT2D eigenvalue weighted by Gasteiger charge is -2.21. The molecule has 0 N–H and O–H groups in total. The average Bonchev–Trinajstić information content (AvgIpc) is 2.46. The maximum atomic E-state index is 11.8. The number of rotatable bonds is 4. The Kier molecular flexibility index (Phi) is 4.34. The van der Waals surface area contributed by atoms with E-state index in [0.29, 0.717) is 17.7 Å². The van der Waals surface area contributed by atoms with Gasteiger partial charge < -0.3 is 4.90 Å². The molecule has 2 rings (SSSR count). The molecule has 4 heteroatoms. The summed E-state index contributed by atoms with van der Waals surface area (Å²) in [7, 11) is 1.90. The van der Waals surface area contributed by atoms with Gasteiger partial charge in [0.05, 0.1) is 23.9 Å². The van der Waals surface area contributed by atoms with E-state index in [-0.39, 0.29) is 5.78 Å². The second-order valence-corrected chi connectivity index (χ2v) is 5.03. The van der Waals surface area contributed by atoms with E-state index in [2.05, 4.69) is 11.1 Å². The predicted molar refractivity (Wildman–Crippen MR) is 82.2 cm³/mol. The van der Waals surface area contributed by atoms with Crippen molar-refractivity contribution < 1.29 is 4.79 Å². The number of hydrogen-bond donors (Lipinski definition) is 0. The van der Waals surface area contributed by atoms with Crippen molar-refractivity contribution in [2.45, 2.75) is 20.4 Å². The first-order chi connectivity index (χ1) is 10.0. The number of anilines is 1. The van der Waals surface area contributed by atoms with Crippen molar-refractivity contribution in [2.75, 3.05) is 11.9 Å². The minimum atomic E-state index is -0.0152. The Morgan fingerprint density at radius 1 is 1.33 bits per heavy atom. The van der Waals surface area contributed by atoms with Gasteiger partial charge in [-0.25, -0.2) is 0 Å². The highest BCUT2D eigenvalue weighted by molar-refractivity contribution is 5.99. The lowest BCUT2D eigenvalue weighted by molar-refractivity contribution is 0.101. The van der Waals surface area contributed by atoms with Gasteiger partial charge in [0.15, 0.2) is 5.78 Å². The summed E-state index contributed by atoms with van der Waals surface area (Å²) in [5.74, 6) is -0.0152. The van der Waals surface area contributed by atoms with E-state index in [1.165, 1.54) is 6.92 Å². The van der Waals surface area contributed by atoms with E-state index in [0.717, 1.165) is 17.1 Å². The van der Waals surface area contributed by atoms with E-state index in [1.807, 2.05) is 37.1 Å². The molecule has 2 aromatic rings. The summed E-state index contributed by atoms with van der Waals surface area (Å²) in [5, 5.41) is 9.03. The summed E-state index contributed by atoms with van der Waals surface area (Å²) in [5.41, 5.74) is 3.79. The van der Waals surface area contributed by atoms with E-state index < -0.39 is 0 Å². The maximum absolute atomic E-state index is 11.8. The zero-order chi connectivity index (χ0) is 15.4. The average molecular weight is 279 g/mol. The molecule has 1 aromatic carbocycles. The summed E-state index contributed by atoms with van der Waals surface area (Å²) in [6, 6.07) is 13.1. The van der Waals surface area contributed by atoms with E-state index in [1.54, 1.807) is 18.2 Å². The topological polar surface area (TPSA) is 57.0 Å². The third-order valence-electron chi connectivity index (χ3n) is 3.26. The molecule has 0 fully saturated rings. The fourth-order valence-electron chi connectivity index (χ4n) is 2.23. The molecule has 0 saturated carbocycles. The Morgan fingerprint density at radius 3 is 2.71 bits per heavy atom. The normalized spacial score (nSPS) is 10.0. The van der Waals surface area contributed by atoms with E-state index >= 15 is 0 Å². The Hall–Kier alpha value is -2.67. The molecule has 0 aliphatic carbocycles. The number of ketones is 1. The van der Waals surface area contributed by atoms with Crippen LogP contribution in [0, 0.1) is 18.3 Å². The Balaban J connectivity index is 2.35. The standard InChI is InChI=1S/C17H17N3O/c1-12-5-4-6-15(19-12)11-20(3)17-9-14(10-18)7-8-16(17)13(2)21/h4-9H,11H2,1-3H3. The van der Waals surface area contributed by atoms with Crippen molar-refractivity contribution in [3.8, 4) is 6.07 Å². The number of hydrogen-bond acceptors (Lipinski definition) is 4. The Labute approximate surface area is 124 Å². The van der Waals surface area contributed by atoms with E-state index in [4.69, 9.17) is 5.26 Å². The van der Waals surface area contributed by atoms with Crippen LogP contribution >= 0.6 is 0 Å². The van der Waals surface area contributed by atoms with Crippen LogP contribution in [0.4, 0.5) is 5.69 Å². The summed E-state index contributed by atoms with van der Waals surface area (Å²) in [6.45, 7) is 4.06. The number of pyridine rings is 1. The van der Waals surface area contributed by atoms with Gasteiger partial charge in [-0.15, -0.1) is 0 Å². The lowest BCUT2D eigenvalue weighted by atomic mass is 10.1. The van der Waals surface area contributed by atoms with Crippen molar-refractivity contribution in [3.05, 3.63) is 58.9 Å². The van der Waals surface area contributed by atoms with Crippen LogP contribution in [0.15, 0.2) is 36.4 Å². The van der Waals surface area contributed by atoms with Gasteiger partial charge in [-0.05, 0) is 44.2 Å². The Bertz CT molecular complexity index is 716. The lowest BCUT2D eigenvalue weighted by Crippen LogP contribution is -2.20. The van der Waals surface area contributed by atoms with Crippen LogP contribution in [-0.4, -0.2) is 17.8 Å². The summed E-state index contributed by atoms with van der Waals surface area (Å²) >= 11 is 0. The molecule has 0 unspecified atom stereocenters. The van der Waals surface area contributed by atoms with Crippen LogP contribution in [0.2, 0.25) is 0 Å². The highest BCUT2D eigenvalue weighted by atomic mass is 16.1. The van der Waals surface area contributed by atoms with Gasteiger partial charge in [0.2, 0.25) is 0 Å². The molecule has 0 saturated heterocycles. The molecule has 0 radical (unpaired) electrons. The predicted octanol–water partition coefficient (Wildman–Crippen LogP) is 3.10. The number of carbonyl (C=O) groups excluding carboxylic acids is 1. The highest BCUT2D eigenvalue weighted by Gasteiger charge is 2.13. The van der Waals surface area contributed by atoms with Crippen molar-refractivity contribution in [2.24, 2.45) is 0 Å². The molecule has 0 atom stereocenters. The van der Waals surface area contributed by atoms with Crippen LogP contribution in [0.1, 0.15) is 34.2 Å². The fourth-order valence-corrected chi connectivity index (χ4v) is 2.23. The number of nitrogens with zero attached hydrogens (tertiary/aromatic N) is 3. The van der Waals surface area contributed by atoms with Gasteiger partial charge >= 0.3 is 0 Å². The van der Waals surface area contributed by atoms with Crippen LogP contribution in [-0.2, 0) is 6.54 Å². The largest absolute Gasteiger partial charge is 0.368 e. The van der Waals surface area contributed by atoms with Crippen molar-refractivity contribution in [3.63, 3.8) is 0 Å². The van der Waals surface area contributed by atoms with E-state index in [9.17, 15) is 4.79 Å². The summed E-state index contributed by atoms with van der Waals surface area (Å²) in [6.07, 6.45) is 0. The molecule has 106 valence electrons. The number of aryl methyl sites for hydroxylation is 1. The molecule has 0 spiro atoms. The zero-order valence-electron chi connectivity index (χ0n) is 12.4. The first-order valence-electron chi connectivity index (χ1n) is 6.70. The summed E-state index contributed by atoms with van der Waals surface area (Å²) in [4.78, 5) is 18.2. The van der Waals surface area contributed by atoms with Gasteiger partial charge in [-0.3, -0.25) is 9.78 Å². The molecule has 0 aliphatic heterocycles. The number of carbonyl (C=O) groups is 1. The fraction of sp³-hybridized carbons (Fsp3) is 0.235. The number of Topliss-reactive ketones (excluding diaryl/α,β-unsaturated/α-hetero) is 1. The number of benzene rings is 1. The quantitative estimate of drug-likeness (QED) is 0.807. The summed E-state index contributed by atoms with van der Waals surface area (Å²) < 4.78 is 0. The molecular weight excluding hydrogens is 262 g/mol. The van der Waals surface area contributed by atoms with Gasteiger partial charge in [-0.1, -0.05) is 6.07 Å². The molecule has 21 heavy (non-hydrogen) atoms. The van der Waals surface area contributed by atoms with Crippen molar-refractivity contribution >= 4 is 11.5 Å². The van der Waals surface area contributed by atoms with Crippen molar-refractivity contribution in [1.82, 2.24) is 4.98 Å². The molecule has 1 aromatic heterocycles. The van der Waals surface area contributed by atoms with Gasteiger partial charge in [0, 0.05) is 24.0 Å². The highest BCUT2D eigenvalue weighted by Crippen LogP contribution is 2.23. The van der Waals surface area contributed by atoms with Crippen LogP contribution in [0.5, 0.6) is 0 Å². The van der Waals surface area contributed by atoms with Gasteiger partial charge in [0.25, 0.3) is 0 Å². The first-order valence-corrected chi connectivity index (χ1v) is 6.70. The van der Waals surface area contributed by atoms with Gasteiger partial charge in [0.1, 0.15) is 0 Å². The molecule has 4 nitrogen and oxygen atoms in total. The maximum Gasteiger partial charge on any atom is 0.161 e. The minimum Gasteiger partial charge on any atom is -0.368 e. The van der Waals surface area contributed by atoms with Gasteiger partial charge in [-0.2, -0.15) is 5.26 Å². The minimum absolute atomic E-state index is 0.0152. The molecule has 0 amide bonds. The SMILES string of the molecule is CC(=O)c1ccc(C#N)cc1N(C)Cc1cccc(C)n1. The monoisotopic (exact) mass is 279 g/mol. The zero-order valence-corrected chi connectivity index (χ0v) is 12.4. The third-order valence-corrected chi connectivity index (χ3v) is 3.26. The molecule has 1 heterocycles. The van der Waals surface area contributed by atoms with Crippen molar-refractivity contribution in [1.29, 1.82) is 5.26 Å². The molecule has 0 bridgehead atoms.